The topological polar surface area (TPSA) is 150 Å². The SMILES string of the molecule is N#Cc1ccnc(S(=O)(=O)NC2CC(Nc3c(-c4ncco4)cnc4[nH]ccc34)C2)c1. The number of nitriles is 1. The van der Waals surface area contributed by atoms with E-state index < -0.39 is 10.0 Å². The van der Waals surface area contributed by atoms with Gasteiger partial charge in [0.15, 0.2) is 5.03 Å². The lowest BCUT2D eigenvalue weighted by Crippen LogP contribution is -2.49. The van der Waals surface area contributed by atoms with Gasteiger partial charge in [0.05, 0.1) is 29.1 Å². The summed E-state index contributed by atoms with van der Waals surface area (Å²) in [6, 6.07) is 6.39. The number of oxazole rings is 1. The summed E-state index contributed by atoms with van der Waals surface area (Å²) in [4.78, 5) is 15.6. The van der Waals surface area contributed by atoms with Gasteiger partial charge in [0.2, 0.25) is 5.89 Å². The zero-order chi connectivity index (χ0) is 21.4. The van der Waals surface area contributed by atoms with Gasteiger partial charge in [0, 0.05) is 36.1 Å². The van der Waals surface area contributed by atoms with Gasteiger partial charge in [-0.25, -0.2) is 28.1 Å². The largest absolute Gasteiger partial charge is 0.444 e. The van der Waals surface area contributed by atoms with E-state index in [4.69, 9.17) is 9.68 Å². The van der Waals surface area contributed by atoms with Crippen molar-refractivity contribution in [3.05, 3.63) is 54.8 Å². The van der Waals surface area contributed by atoms with E-state index in [9.17, 15) is 8.42 Å². The van der Waals surface area contributed by atoms with Gasteiger partial charge < -0.3 is 14.7 Å². The van der Waals surface area contributed by atoms with Crippen LogP contribution in [0.4, 0.5) is 5.69 Å². The number of H-pyrrole nitrogens is 1. The number of aromatic nitrogens is 4. The van der Waals surface area contributed by atoms with Gasteiger partial charge in [-0.15, -0.1) is 0 Å². The summed E-state index contributed by atoms with van der Waals surface area (Å²) in [5, 5.41) is 13.2. The molecular formula is C20H17N7O3S. The first-order chi connectivity index (χ1) is 15.0. The molecule has 0 amide bonds. The van der Waals surface area contributed by atoms with Crippen LogP contribution in [0.1, 0.15) is 18.4 Å². The Kier molecular flexibility index (Phi) is 4.65. The fourth-order valence-electron chi connectivity index (χ4n) is 3.62. The molecular weight excluding hydrogens is 418 g/mol. The molecule has 1 aliphatic carbocycles. The zero-order valence-corrected chi connectivity index (χ0v) is 16.9. The van der Waals surface area contributed by atoms with Crippen LogP contribution < -0.4 is 10.0 Å². The van der Waals surface area contributed by atoms with Crippen LogP contribution in [0.15, 0.2) is 58.7 Å². The van der Waals surface area contributed by atoms with E-state index in [2.05, 4.69) is 30.0 Å². The highest BCUT2D eigenvalue weighted by molar-refractivity contribution is 7.89. The summed E-state index contributed by atoms with van der Waals surface area (Å²) < 4.78 is 33.3. The minimum absolute atomic E-state index is 0.0558. The maximum atomic E-state index is 12.6. The number of anilines is 1. The Labute approximate surface area is 177 Å². The third-order valence-corrected chi connectivity index (χ3v) is 6.61. The highest BCUT2D eigenvalue weighted by Crippen LogP contribution is 2.35. The van der Waals surface area contributed by atoms with E-state index in [-0.39, 0.29) is 22.7 Å². The quantitative estimate of drug-likeness (QED) is 0.418. The maximum Gasteiger partial charge on any atom is 0.258 e. The molecule has 4 aromatic heterocycles. The molecule has 0 spiro atoms. The third-order valence-electron chi connectivity index (χ3n) is 5.20. The number of pyridine rings is 2. The van der Waals surface area contributed by atoms with Crippen molar-refractivity contribution in [2.75, 3.05) is 5.32 Å². The first-order valence-corrected chi connectivity index (χ1v) is 11.0. The van der Waals surface area contributed by atoms with Crippen molar-refractivity contribution in [2.45, 2.75) is 30.0 Å². The number of hydrogen-bond acceptors (Lipinski definition) is 8. The van der Waals surface area contributed by atoms with E-state index in [0.717, 1.165) is 22.3 Å². The first-order valence-electron chi connectivity index (χ1n) is 9.54. The van der Waals surface area contributed by atoms with Crippen LogP contribution in [0.5, 0.6) is 0 Å². The Bertz CT molecular complexity index is 1380. The Balaban J connectivity index is 1.31. The number of nitrogens with one attached hydrogen (secondary N) is 3. The van der Waals surface area contributed by atoms with Gasteiger partial charge in [-0.1, -0.05) is 0 Å². The smallest absolute Gasteiger partial charge is 0.258 e. The van der Waals surface area contributed by atoms with Crippen LogP contribution >= 0.6 is 0 Å². The Hall–Kier alpha value is -3.75. The number of nitrogens with zero attached hydrogens (tertiary/aromatic N) is 4. The average Bonchev–Trinajstić information content (AvgIpc) is 3.44. The molecule has 1 aliphatic rings. The lowest BCUT2D eigenvalue weighted by Gasteiger charge is -2.37. The van der Waals surface area contributed by atoms with Crippen LogP contribution in [0.3, 0.4) is 0 Å². The standard InChI is InChI=1S/C20H17N7O3S/c21-10-12-1-3-22-17(7-12)31(28,29)27-14-8-13(9-14)26-18-15-2-4-23-19(15)25-11-16(18)20-24-5-6-30-20/h1-7,11,13-14,27H,8-9H2,(H2,23,25,26). The second-order valence-corrected chi connectivity index (χ2v) is 8.91. The van der Waals surface area contributed by atoms with Crippen molar-refractivity contribution in [1.82, 2.24) is 24.7 Å². The second kappa shape index (κ2) is 7.50. The number of aromatic amines is 1. The highest BCUT2D eigenvalue weighted by Gasteiger charge is 2.34. The molecule has 0 aliphatic heterocycles. The predicted octanol–water partition coefficient (Wildman–Crippen LogP) is 2.41. The van der Waals surface area contributed by atoms with Crippen LogP contribution in [0.2, 0.25) is 0 Å². The van der Waals surface area contributed by atoms with Crippen molar-refractivity contribution in [2.24, 2.45) is 0 Å². The van der Waals surface area contributed by atoms with E-state index >= 15 is 0 Å². The summed E-state index contributed by atoms with van der Waals surface area (Å²) in [5.41, 5.74) is 2.55. The molecule has 10 nitrogen and oxygen atoms in total. The monoisotopic (exact) mass is 435 g/mol. The van der Waals surface area contributed by atoms with Crippen LogP contribution in [0, 0.1) is 11.3 Å². The van der Waals surface area contributed by atoms with Crippen molar-refractivity contribution >= 4 is 26.7 Å². The molecule has 0 radical (unpaired) electrons. The summed E-state index contributed by atoms with van der Waals surface area (Å²) in [6.07, 6.45) is 9.08. The van der Waals surface area contributed by atoms with E-state index in [1.807, 2.05) is 18.3 Å². The number of fused-ring (bicyclic) bond motifs is 1. The molecule has 1 saturated carbocycles. The molecule has 0 bridgehead atoms. The lowest BCUT2D eigenvalue weighted by molar-refractivity contribution is 0.346. The lowest BCUT2D eigenvalue weighted by atomic mass is 9.87. The Morgan fingerprint density at radius 1 is 1.16 bits per heavy atom. The molecule has 31 heavy (non-hydrogen) atoms. The highest BCUT2D eigenvalue weighted by atomic mass is 32.2. The van der Waals surface area contributed by atoms with Gasteiger partial charge in [-0.3, -0.25) is 0 Å². The molecule has 0 unspecified atom stereocenters. The summed E-state index contributed by atoms with van der Waals surface area (Å²) in [5.74, 6) is 0.457. The molecule has 156 valence electrons. The molecule has 4 aromatic rings. The molecule has 4 heterocycles. The number of sulfonamides is 1. The van der Waals surface area contributed by atoms with Crippen LogP contribution in [-0.2, 0) is 10.0 Å². The van der Waals surface area contributed by atoms with Crippen LogP contribution in [-0.4, -0.2) is 40.4 Å². The number of hydrogen-bond donors (Lipinski definition) is 3. The molecule has 0 saturated heterocycles. The Morgan fingerprint density at radius 3 is 2.81 bits per heavy atom. The van der Waals surface area contributed by atoms with Gasteiger partial charge in [-0.2, -0.15) is 5.26 Å². The van der Waals surface area contributed by atoms with Gasteiger partial charge >= 0.3 is 0 Å². The van der Waals surface area contributed by atoms with Crippen molar-refractivity contribution in [1.29, 1.82) is 5.26 Å². The van der Waals surface area contributed by atoms with E-state index in [0.29, 0.717) is 18.7 Å². The van der Waals surface area contributed by atoms with E-state index in [1.54, 1.807) is 12.4 Å². The van der Waals surface area contributed by atoms with Crippen LogP contribution in [0.25, 0.3) is 22.5 Å². The summed E-state index contributed by atoms with van der Waals surface area (Å²) >= 11 is 0. The fraction of sp³-hybridized carbons (Fsp3) is 0.200. The van der Waals surface area contributed by atoms with Crippen molar-refractivity contribution < 1.29 is 12.8 Å². The third kappa shape index (κ3) is 3.63. The minimum Gasteiger partial charge on any atom is -0.444 e. The molecule has 3 N–H and O–H groups in total. The molecule has 1 fully saturated rings. The molecule has 0 aromatic carbocycles. The Morgan fingerprint density at radius 2 is 2.03 bits per heavy atom. The predicted molar refractivity (Wildman–Crippen MR) is 111 cm³/mol. The molecule has 0 atom stereocenters. The molecule has 11 heteroatoms. The van der Waals surface area contributed by atoms with E-state index in [1.165, 1.54) is 24.6 Å². The maximum absolute atomic E-state index is 12.6. The number of rotatable bonds is 6. The first kappa shape index (κ1) is 19.2. The average molecular weight is 435 g/mol. The summed E-state index contributed by atoms with van der Waals surface area (Å²) in [6.45, 7) is 0. The van der Waals surface area contributed by atoms with Crippen molar-refractivity contribution in [3.63, 3.8) is 0 Å². The molecule has 5 rings (SSSR count). The van der Waals surface area contributed by atoms with Gasteiger partial charge in [0.25, 0.3) is 10.0 Å². The van der Waals surface area contributed by atoms with Gasteiger partial charge in [0.1, 0.15) is 11.9 Å². The zero-order valence-electron chi connectivity index (χ0n) is 16.1. The second-order valence-electron chi connectivity index (χ2n) is 7.25. The fourth-order valence-corrected chi connectivity index (χ4v) is 4.86. The van der Waals surface area contributed by atoms with Gasteiger partial charge in [-0.05, 0) is 31.0 Å². The minimum atomic E-state index is -3.80. The normalized spacial score (nSPS) is 18.4. The summed E-state index contributed by atoms with van der Waals surface area (Å²) in [7, 11) is -3.80. The van der Waals surface area contributed by atoms with Crippen molar-refractivity contribution in [3.8, 4) is 17.5 Å².